The molecule has 6 rings (SSSR count). The van der Waals surface area contributed by atoms with Crippen molar-refractivity contribution in [2.24, 2.45) is 0 Å². The molecular weight excluding hydrogens is 835 g/mol. The molecule has 0 spiro atoms. The fourth-order valence-electron chi connectivity index (χ4n) is 6.77. The molecule has 0 amide bonds. The molecule has 1 N–H and O–H groups in total. The van der Waals surface area contributed by atoms with Gasteiger partial charge in [-0.2, -0.15) is 74.5 Å². The summed E-state index contributed by atoms with van der Waals surface area (Å²) in [5.41, 5.74) is -3.83. The standard InChI is InChI=1S/C28H16BF12.C15H14O3S/c30-25(31,32)17-1-9-21(10-2-17)29(22-11-3-18(4-12-22)26(33,34)35,23-13-5-19(6-14-23)27(36,37)38)24-15-7-20(8-16-24)28(39,40)41;1-19(18,14-5-3-2-4-6-14)11-15(17)12-7-9-13(16)10-8-12/h1-16H;2-10H,11H2,1H3/q-1;/p+1. The molecule has 1 unspecified atom stereocenters. The van der Waals surface area contributed by atoms with E-state index in [0.717, 1.165) is 48.5 Å². The van der Waals surface area contributed by atoms with Gasteiger partial charge in [-0.1, -0.05) is 119 Å². The van der Waals surface area contributed by atoms with Crippen LogP contribution in [0, 0.1) is 0 Å². The molecular formula is C43H31BF12O3S. The minimum atomic E-state index is -4.77. The molecule has 17 heteroatoms. The van der Waals surface area contributed by atoms with E-state index in [2.05, 4.69) is 0 Å². The van der Waals surface area contributed by atoms with Crippen molar-refractivity contribution in [3.05, 3.63) is 179 Å². The highest BCUT2D eigenvalue weighted by molar-refractivity contribution is 8.03. The summed E-state index contributed by atoms with van der Waals surface area (Å²) in [4.78, 5) is 12.8. The molecule has 0 saturated carbocycles. The second-order valence-corrected chi connectivity index (χ2v) is 16.5. The Bertz CT molecular complexity index is 2190. The monoisotopic (exact) mass is 866 g/mol. The second kappa shape index (κ2) is 17.0. The summed E-state index contributed by atoms with van der Waals surface area (Å²) < 4.78 is 173. The SMILES string of the molecule is C[S+](=O)(CC(=O)c1ccc(O)cc1)c1ccccc1.FC(F)(F)c1ccc([B-](c2ccc(C(F)(F)F)cc2)(c2ccc(C(F)(F)F)cc2)c2ccc(C(F)(F)F)cc2)cc1. The number of phenolic OH excluding ortho intramolecular Hbond substituents is 1. The number of Topliss-reactive ketones (excluding diaryl/α,β-unsaturated/α-hetero) is 1. The molecule has 60 heavy (non-hydrogen) atoms. The molecule has 6 aromatic rings. The number of alkyl halides is 12. The zero-order chi connectivity index (χ0) is 44.3. The van der Waals surface area contributed by atoms with E-state index >= 15 is 0 Å². The Morgan fingerprint density at radius 3 is 1.02 bits per heavy atom. The van der Waals surface area contributed by atoms with Crippen molar-refractivity contribution in [3.8, 4) is 5.75 Å². The zero-order valence-corrected chi connectivity index (χ0v) is 31.7. The summed E-state index contributed by atoms with van der Waals surface area (Å²) in [6, 6.07) is 28.5. The van der Waals surface area contributed by atoms with Gasteiger partial charge in [0.1, 0.15) is 28.1 Å². The second-order valence-electron chi connectivity index (χ2n) is 13.8. The normalized spacial score (nSPS) is 13.5. The molecule has 314 valence electrons. The lowest BCUT2D eigenvalue weighted by molar-refractivity contribution is -0.138. The molecule has 0 aliphatic carbocycles. The molecule has 1 atom stereocenters. The highest BCUT2D eigenvalue weighted by Gasteiger charge is 2.38. The lowest BCUT2D eigenvalue weighted by Crippen LogP contribution is -2.74. The van der Waals surface area contributed by atoms with Gasteiger partial charge in [0.05, 0.1) is 22.3 Å². The number of phenols is 1. The smallest absolute Gasteiger partial charge is 0.416 e. The van der Waals surface area contributed by atoms with Crippen LogP contribution in [0.4, 0.5) is 52.7 Å². The van der Waals surface area contributed by atoms with Crippen LogP contribution in [-0.4, -0.2) is 29.0 Å². The minimum absolute atomic E-state index is 0.0114. The number of hydrogen-bond donors (Lipinski definition) is 1. The minimum Gasteiger partial charge on any atom is -0.508 e. The summed E-state index contributed by atoms with van der Waals surface area (Å²) in [5, 5.41) is 9.18. The predicted octanol–water partition coefficient (Wildman–Crippen LogP) is 9.90. The molecule has 0 aliphatic heterocycles. The van der Waals surface area contributed by atoms with Crippen LogP contribution in [0.5, 0.6) is 5.75 Å². The molecule has 0 radical (unpaired) electrons. The fraction of sp³-hybridized carbons (Fsp3) is 0.140. The largest absolute Gasteiger partial charge is 0.508 e. The van der Waals surface area contributed by atoms with Crippen LogP contribution in [0.15, 0.2) is 157 Å². The van der Waals surface area contributed by atoms with Crippen molar-refractivity contribution in [1.82, 2.24) is 0 Å². The van der Waals surface area contributed by atoms with E-state index in [0.29, 0.717) is 59.0 Å². The summed E-state index contributed by atoms with van der Waals surface area (Å²) >= 11 is 0. The third kappa shape index (κ3) is 10.3. The van der Waals surface area contributed by atoms with Crippen molar-refractivity contribution >= 4 is 43.7 Å². The van der Waals surface area contributed by atoms with Crippen LogP contribution in [0.1, 0.15) is 32.6 Å². The maximum Gasteiger partial charge on any atom is 0.416 e. The van der Waals surface area contributed by atoms with E-state index in [1.807, 2.05) is 18.2 Å². The van der Waals surface area contributed by atoms with E-state index in [1.54, 1.807) is 18.4 Å². The number of benzene rings is 6. The molecule has 0 bridgehead atoms. The lowest BCUT2D eigenvalue weighted by Gasteiger charge is -2.44. The number of hydrogen-bond acceptors (Lipinski definition) is 3. The van der Waals surface area contributed by atoms with Crippen molar-refractivity contribution in [2.45, 2.75) is 29.6 Å². The number of halogens is 12. The van der Waals surface area contributed by atoms with E-state index in [9.17, 15) is 66.8 Å². The van der Waals surface area contributed by atoms with E-state index in [1.165, 1.54) is 24.3 Å². The first kappa shape index (κ1) is 45.3. The Morgan fingerprint density at radius 1 is 0.467 bits per heavy atom. The van der Waals surface area contributed by atoms with Crippen LogP contribution in [-0.2, 0) is 38.8 Å². The number of rotatable bonds is 8. The quantitative estimate of drug-likeness (QED) is 0.0718. The van der Waals surface area contributed by atoms with Gasteiger partial charge < -0.3 is 5.11 Å². The van der Waals surface area contributed by atoms with Gasteiger partial charge in [-0.15, -0.1) is 0 Å². The Labute approximate surface area is 336 Å². The molecule has 3 nitrogen and oxygen atoms in total. The van der Waals surface area contributed by atoms with Gasteiger partial charge in [0.2, 0.25) is 5.78 Å². The molecule has 6 aromatic carbocycles. The zero-order valence-electron chi connectivity index (χ0n) is 30.9. The van der Waals surface area contributed by atoms with Gasteiger partial charge in [-0.25, -0.2) is 0 Å². The van der Waals surface area contributed by atoms with Crippen molar-refractivity contribution in [1.29, 1.82) is 0 Å². The van der Waals surface area contributed by atoms with Crippen LogP contribution in [0.25, 0.3) is 0 Å². The van der Waals surface area contributed by atoms with Crippen molar-refractivity contribution < 1.29 is 66.8 Å². The maximum absolute atomic E-state index is 13.3. The number of ketones is 1. The Morgan fingerprint density at radius 2 is 0.750 bits per heavy atom. The van der Waals surface area contributed by atoms with Crippen LogP contribution in [0.3, 0.4) is 0 Å². The Kier molecular flexibility index (Phi) is 12.8. The fourth-order valence-corrected chi connectivity index (χ4v) is 8.34. The summed E-state index contributed by atoms with van der Waals surface area (Å²) in [5.74, 6) is -0.102. The highest BCUT2D eigenvalue weighted by atomic mass is 32.2. The molecule has 0 heterocycles. The molecule has 0 fully saturated rings. The van der Waals surface area contributed by atoms with E-state index in [-0.39, 0.29) is 39.1 Å². The molecule has 0 saturated heterocycles. The summed E-state index contributed by atoms with van der Waals surface area (Å²) in [6.45, 7) is 0. The van der Waals surface area contributed by atoms with E-state index in [4.69, 9.17) is 0 Å². The first-order valence-electron chi connectivity index (χ1n) is 17.5. The highest BCUT2D eigenvalue weighted by Crippen LogP contribution is 2.32. The first-order chi connectivity index (χ1) is 27.8. The van der Waals surface area contributed by atoms with Gasteiger partial charge in [0.25, 0.3) is 0 Å². The third-order valence-electron chi connectivity index (χ3n) is 9.79. The van der Waals surface area contributed by atoms with Crippen LogP contribution in [0.2, 0.25) is 0 Å². The van der Waals surface area contributed by atoms with Crippen molar-refractivity contribution in [2.75, 3.05) is 12.0 Å². The van der Waals surface area contributed by atoms with Gasteiger partial charge >= 0.3 is 24.7 Å². The van der Waals surface area contributed by atoms with Crippen molar-refractivity contribution in [3.63, 3.8) is 0 Å². The van der Waals surface area contributed by atoms with Gasteiger partial charge in [0, 0.05) is 5.56 Å². The van der Waals surface area contributed by atoms with Crippen LogP contribution < -0.4 is 21.9 Å². The summed E-state index contributed by atoms with van der Waals surface area (Å²) in [7, 11) is -2.38. The van der Waals surface area contributed by atoms with Gasteiger partial charge in [0.15, 0.2) is 10.6 Å². The van der Waals surface area contributed by atoms with Crippen LogP contribution >= 0.6 is 0 Å². The lowest BCUT2D eigenvalue weighted by atomic mass is 9.13. The number of aromatic hydroxyl groups is 1. The average molecular weight is 867 g/mol. The number of carbonyl (C=O) groups excluding carboxylic acids is 1. The van der Waals surface area contributed by atoms with Gasteiger partial charge in [-0.05, 0) is 36.4 Å². The molecule has 0 aliphatic rings. The topological polar surface area (TPSA) is 54.4 Å². The third-order valence-corrected chi connectivity index (χ3v) is 11.9. The summed E-state index contributed by atoms with van der Waals surface area (Å²) in [6.07, 6.45) is -20.4. The maximum atomic E-state index is 13.3. The Balaban J connectivity index is 0.000000299. The average Bonchev–Trinajstić information content (AvgIpc) is 3.18. The predicted molar refractivity (Wildman–Crippen MR) is 206 cm³/mol. The first-order valence-corrected chi connectivity index (χ1v) is 19.7. The van der Waals surface area contributed by atoms with E-state index < -0.39 is 63.0 Å². The van der Waals surface area contributed by atoms with Gasteiger partial charge in [-0.3, -0.25) is 4.79 Å². The number of carbonyl (C=O) groups is 1. The Hall–Kier alpha value is -5.84. The molecule has 0 aromatic heterocycles.